The Morgan fingerprint density at radius 1 is 0.630 bits per heavy atom. The van der Waals surface area contributed by atoms with Crippen molar-refractivity contribution in [2.75, 3.05) is 17.6 Å². The molecule has 0 rings (SSSR count). The molecule has 0 aromatic rings. The van der Waals surface area contributed by atoms with Crippen LogP contribution in [0.15, 0.2) is 12.2 Å². The summed E-state index contributed by atoms with van der Waals surface area (Å²) < 4.78 is 13.2. The Morgan fingerprint density at radius 3 is 1.70 bits per heavy atom. The van der Waals surface area contributed by atoms with Gasteiger partial charge in [0.25, 0.3) is 0 Å². The monoisotopic (exact) mass is 494 g/mol. The second-order valence-electron chi connectivity index (χ2n) is 7.59. The quantitative estimate of drug-likeness (QED) is 0.0493. The lowest BCUT2D eigenvalue weighted by Crippen LogP contribution is -2.19. The number of alkyl halides is 1. The second-order valence-corrected chi connectivity index (χ2v) is 8.67. The molecule has 0 saturated heterocycles. The van der Waals surface area contributed by atoms with Gasteiger partial charge in [-0.15, -0.1) is 0 Å². The first-order chi connectivity index (χ1) is 13.3. The number of allylic oxidation sites excluding steroid dienone is 2. The number of rotatable bonds is 22. The molecule has 3 heteroatoms. The van der Waals surface area contributed by atoms with Gasteiger partial charge in [-0.2, -0.15) is 0 Å². The number of unbranched alkanes of at least 4 members (excludes halogenated alkanes) is 11. The maximum atomic E-state index is 6.00. The third-order valence-corrected chi connectivity index (χ3v) is 5.48. The summed E-state index contributed by atoms with van der Waals surface area (Å²) in [6.07, 6.45) is 25.1. The van der Waals surface area contributed by atoms with Crippen LogP contribution in [0.4, 0.5) is 0 Å². The molecular weight excluding hydrogens is 447 g/mol. The Labute approximate surface area is 184 Å². The zero-order valence-electron chi connectivity index (χ0n) is 18.4. The van der Waals surface area contributed by atoms with E-state index < -0.39 is 0 Å². The molecule has 0 aliphatic rings. The fourth-order valence-corrected chi connectivity index (χ4v) is 3.46. The first kappa shape index (κ1) is 27.4. The molecule has 0 aromatic carbocycles. The highest BCUT2D eigenvalue weighted by molar-refractivity contribution is 14.1. The van der Waals surface area contributed by atoms with Gasteiger partial charge in [0.2, 0.25) is 0 Å². The Balaban J connectivity index is 3.60. The zero-order valence-corrected chi connectivity index (χ0v) is 20.5. The average Bonchev–Trinajstić information content (AvgIpc) is 2.68. The molecule has 0 bridgehead atoms. The van der Waals surface area contributed by atoms with Crippen LogP contribution < -0.4 is 0 Å². The van der Waals surface area contributed by atoms with Gasteiger partial charge in [-0.25, -0.2) is 0 Å². The van der Waals surface area contributed by atoms with E-state index in [1.54, 1.807) is 0 Å². The molecule has 0 heterocycles. The largest absolute Gasteiger partial charge is 0.353 e. The minimum Gasteiger partial charge on any atom is -0.353 e. The molecule has 27 heavy (non-hydrogen) atoms. The van der Waals surface area contributed by atoms with Crippen molar-refractivity contribution in [3.05, 3.63) is 12.2 Å². The molecule has 0 saturated carbocycles. The predicted octanol–water partition coefficient (Wildman–Crippen LogP) is 8.62. The van der Waals surface area contributed by atoms with Crippen LogP contribution >= 0.6 is 22.6 Å². The summed E-state index contributed by atoms with van der Waals surface area (Å²) in [4.78, 5) is 0. The maximum absolute atomic E-state index is 6.00. The van der Waals surface area contributed by atoms with Gasteiger partial charge in [0.05, 0.1) is 0 Å². The molecular formula is C24H47IO2. The zero-order chi connectivity index (χ0) is 19.8. The Kier molecular flexibility index (Phi) is 24.8. The van der Waals surface area contributed by atoms with Crippen molar-refractivity contribution in [2.45, 2.75) is 123 Å². The third kappa shape index (κ3) is 22.5. The van der Waals surface area contributed by atoms with Gasteiger partial charge >= 0.3 is 0 Å². The Morgan fingerprint density at radius 2 is 1.15 bits per heavy atom. The highest BCUT2D eigenvalue weighted by Gasteiger charge is 2.09. The molecule has 2 nitrogen and oxygen atoms in total. The van der Waals surface area contributed by atoms with E-state index in [0.29, 0.717) is 0 Å². The lowest BCUT2D eigenvalue weighted by molar-refractivity contribution is -0.148. The van der Waals surface area contributed by atoms with E-state index in [1.165, 1.54) is 101 Å². The van der Waals surface area contributed by atoms with E-state index in [1.807, 2.05) is 0 Å². The molecule has 0 atom stereocenters. The van der Waals surface area contributed by atoms with E-state index in [0.717, 1.165) is 19.6 Å². The van der Waals surface area contributed by atoms with Crippen LogP contribution in [0.5, 0.6) is 0 Å². The van der Waals surface area contributed by atoms with Gasteiger partial charge in [0, 0.05) is 17.6 Å². The van der Waals surface area contributed by atoms with Crippen LogP contribution in [0, 0.1) is 0 Å². The molecule has 0 spiro atoms. The molecule has 162 valence electrons. The molecule has 0 fully saturated rings. The number of halogens is 1. The van der Waals surface area contributed by atoms with Gasteiger partial charge in [-0.1, -0.05) is 106 Å². The van der Waals surface area contributed by atoms with Crippen molar-refractivity contribution in [1.82, 2.24) is 0 Å². The summed E-state index contributed by atoms with van der Waals surface area (Å²) in [5.41, 5.74) is 0. The van der Waals surface area contributed by atoms with E-state index in [2.05, 4.69) is 48.6 Å². The van der Waals surface area contributed by atoms with E-state index >= 15 is 0 Å². The molecule has 0 aliphatic heterocycles. The first-order valence-electron chi connectivity index (χ1n) is 11.8. The molecule has 0 aliphatic carbocycles. The number of hydrogen-bond acceptors (Lipinski definition) is 2. The van der Waals surface area contributed by atoms with Crippen molar-refractivity contribution < 1.29 is 9.47 Å². The van der Waals surface area contributed by atoms with Crippen molar-refractivity contribution >= 4 is 22.6 Å². The van der Waals surface area contributed by atoms with Crippen LogP contribution in [0.2, 0.25) is 0 Å². The van der Waals surface area contributed by atoms with Crippen LogP contribution in [-0.4, -0.2) is 23.9 Å². The average molecular weight is 495 g/mol. The molecule has 0 radical (unpaired) electrons. The molecule has 0 aromatic heterocycles. The van der Waals surface area contributed by atoms with Gasteiger partial charge in [0.15, 0.2) is 6.29 Å². The minimum atomic E-state index is 0.0352. The maximum Gasteiger partial charge on any atom is 0.157 e. The smallest absolute Gasteiger partial charge is 0.157 e. The Bertz CT molecular complexity index is 282. The third-order valence-electron chi connectivity index (χ3n) is 4.86. The van der Waals surface area contributed by atoms with Crippen LogP contribution in [0.1, 0.15) is 117 Å². The summed E-state index contributed by atoms with van der Waals surface area (Å²) in [5.74, 6) is 0. The molecule has 0 N–H and O–H groups in total. The van der Waals surface area contributed by atoms with E-state index in [-0.39, 0.29) is 6.29 Å². The van der Waals surface area contributed by atoms with E-state index in [4.69, 9.17) is 9.47 Å². The normalized spacial score (nSPS) is 11.9. The second kappa shape index (κ2) is 24.4. The fraction of sp³-hybridized carbons (Fsp3) is 0.917. The van der Waals surface area contributed by atoms with E-state index in [9.17, 15) is 0 Å². The van der Waals surface area contributed by atoms with Crippen molar-refractivity contribution in [2.24, 2.45) is 0 Å². The summed E-state index contributed by atoms with van der Waals surface area (Å²) >= 11 is 2.43. The van der Waals surface area contributed by atoms with Crippen molar-refractivity contribution in [1.29, 1.82) is 0 Å². The predicted molar refractivity (Wildman–Crippen MR) is 129 cm³/mol. The topological polar surface area (TPSA) is 18.5 Å². The summed E-state index contributed by atoms with van der Waals surface area (Å²) in [6, 6.07) is 0. The lowest BCUT2D eigenvalue weighted by Gasteiger charge is -2.18. The number of hydrogen-bond donors (Lipinski definition) is 0. The summed E-state index contributed by atoms with van der Waals surface area (Å²) in [5, 5.41) is 0. The van der Waals surface area contributed by atoms with Gasteiger partial charge in [-0.05, 0) is 44.9 Å². The molecule has 0 amide bonds. The SMILES string of the molecule is CCCCCOC(CCCCCCCCC/C=C\CCI)OCCCCC. The van der Waals surface area contributed by atoms with Gasteiger partial charge in [-0.3, -0.25) is 0 Å². The minimum absolute atomic E-state index is 0.0352. The summed E-state index contributed by atoms with van der Waals surface area (Å²) in [7, 11) is 0. The van der Waals surface area contributed by atoms with Gasteiger partial charge < -0.3 is 9.47 Å². The van der Waals surface area contributed by atoms with Gasteiger partial charge in [0.1, 0.15) is 0 Å². The van der Waals surface area contributed by atoms with Crippen LogP contribution in [-0.2, 0) is 9.47 Å². The van der Waals surface area contributed by atoms with Crippen molar-refractivity contribution in [3.63, 3.8) is 0 Å². The highest BCUT2D eigenvalue weighted by Crippen LogP contribution is 2.14. The molecule has 0 unspecified atom stereocenters. The lowest BCUT2D eigenvalue weighted by atomic mass is 10.1. The van der Waals surface area contributed by atoms with Crippen LogP contribution in [0.3, 0.4) is 0 Å². The Hall–Kier alpha value is 0.390. The standard InChI is InChI=1S/C24H47IO2/c1-3-5-18-22-26-24(27-23-19-6-4-2)20-16-14-12-10-8-7-9-11-13-15-17-21-25/h13,15,24H,3-12,14,16-23H2,1-2H3/b15-13-. The number of ether oxygens (including phenoxy) is 2. The highest BCUT2D eigenvalue weighted by atomic mass is 127. The van der Waals surface area contributed by atoms with Crippen LogP contribution in [0.25, 0.3) is 0 Å². The first-order valence-corrected chi connectivity index (χ1v) is 13.3. The fourth-order valence-electron chi connectivity index (χ4n) is 3.10. The summed E-state index contributed by atoms with van der Waals surface area (Å²) in [6.45, 7) is 6.19. The van der Waals surface area contributed by atoms with Crippen molar-refractivity contribution in [3.8, 4) is 0 Å².